The molecule has 0 spiro atoms. The number of aromatic nitrogens is 3. The molecular formula is C36H34N4O5S. The lowest BCUT2D eigenvalue weighted by Crippen LogP contribution is -2.39. The number of sulfonamides is 1. The SMILES string of the molecule is C[C@H]1[C@@H](Cn2cnc3ccccc32)OC(c2ccc(CNS(=O)(=O)c3cccc4cccnc34)cc2)O[C@H]1c1ccc(CO)cc1. The molecule has 234 valence electrons. The summed E-state index contributed by atoms with van der Waals surface area (Å²) in [5.41, 5.74) is 5.87. The second-order valence-corrected chi connectivity index (χ2v) is 13.3. The van der Waals surface area contributed by atoms with Crippen LogP contribution in [0.3, 0.4) is 0 Å². The van der Waals surface area contributed by atoms with Crippen molar-refractivity contribution < 1.29 is 23.0 Å². The number of pyridine rings is 1. The summed E-state index contributed by atoms with van der Waals surface area (Å²) in [4.78, 5) is 9.00. The number of hydrogen-bond acceptors (Lipinski definition) is 7. The average Bonchev–Trinajstić information content (AvgIpc) is 3.51. The van der Waals surface area contributed by atoms with Gasteiger partial charge in [0.1, 0.15) is 4.90 Å². The summed E-state index contributed by atoms with van der Waals surface area (Å²) < 4.78 is 44.5. The Morgan fingerprint density at radius 3 is 2.37 bits per heavy atom. The van der Waals surface area contributed by atoms with Crippen LogP contribution in [0.4, 0.5) is 0 Å². The summed E-state index contributed by atoms with van der Waals surface area (Å²) >= 11 is 0. The van der Waals surface area contributed by atoms with Gasteiger partial charge in [-0.1, -0.05) is 85.8 Å². The number of nitrogens with zero attached hydrogens (tertiary/aromatic N) is 3. The van der Waals surface area contributed by atoms with E-state index >= 15 is 0 Å². The molecule has 0 aliphatic carbocycles. The number of rotatable bonds is 9. The zero-order chi connectivity index (χ0) is 31.7. The summed E-state index contributed by atoms with van der Waals surface area (Å²) in [6.45, 7) is 2.82. The molecule has 9 nitrogen and oxygen atoms in total. The summed E-state index contributed by atoms with van der Waals surface area (Å²) in [7, 11) is -3.80. The number of aliphatic hydroxyl groups is 1. The zero-order valence-electron chi connectivity index (χ0n) is 25.2. The Labute approximate surface area is 267 Å². The zero-order valence-corrected chi connectivity index (χ0v) is 26.0. The van der Waals surface area contributed by atoms with Crippen LogP contribution in [0, 0.1) is 5.92 Å². The van der Waals surface area contributed by atoms with Crippen molar-refractivity contribution in [3.8, 4) is 0 Å². The van der Waals surface area contributed by atoms with Gasteiger partial charge in [0.15, 0.2) is 6.29 Å². The van der Waals surface area contributed by atoms with Crippen LogP contribution < -0.4 is 4.72 Å². The molecule has 3 heterocycles. The maximum atomic E-state index is 13.2. The van der Waals surface area contributed by atoms with Gasteiger partial charge in [-0.05, 0) is 41.0 Å². The molecular weight excluding hydrogens is 600 g/mol. The molecule has 46 heavy (non-hydrogen) atoms. The topological polar surface area (TPSA) is 116 Å². The molecule has 7 rings (SSSR count). The molecule has 4 atom stereocenters. The van der Waals surface area contributed by atoms with E-state index in [2.05, 4.69) is 32.2 Å². The van der Waals surface area contributed by atoms with E-state index in [0.29, 0.717) is 12.1 Å². The van der Waals surface area contributed by atoms with E-state index in [4.69, 9.17) is 9.47 Å². The normalized spacial score (nSPS) is 20.3. The maximum absolute atomic E-state index is 13.2. The smallest absolute Gasteiger partial charge is 0.243 e. The van der Waals surface area contributed by atoms with Crippen molar-refractivity contribution >= 4 is 32.0 Å². The lowest BCUT2D eigenvalue weighted by atomic mass is 9.90. The molecule has 10 heteroatoms. The summed E-state index contributed by atoms with van der Waals surface area (Å²) in [6.07, 6.45) is 2.34. The minimum absolute atomic E-state index is 0.00891. The van der Waals surface area contributed by atoms with Crippen LogP contribution in [0.1, 0.15) is 41.6 Å². The minimum atomic E-state index is -3.80. The highest BCUT2D eigenvalue weighted by Crippen LogP contribution is 2.42. The van der Waals surface area contributed by atoms with Crippen LogP contribution in [0.5, 0.6) is 0 Å². The van der Waals surface area contributed by atoms with E-state index in [1.807, 2.05) is 85.2 Å². The predicted octanol–water partition coefficient (Wildman–Crippen LogP) is 6.05. The fourth-order valence-corrected chi connectivity index (χ4v) is 7.21. The van der Waals surface area contributed by atoms with Crippen LogP contribution in [0.15, 0.2) is 121 Å². The van der Waals surface area contributed by atoms with Crippen molar-refractivity contribution in [3.05, 3.63) is 138 Å². The van der Waals surface area contributed by atoms with Gasteiger partial charge in [-0.2, -0.15) is 0 Å². The first-order valence-electron chi connectivity index (χ1n) is 15.2. The van der Waals surface area contributed by atoms with Gasteiger partial charge >= 0.3 is 0 Å². The largest absolute Gasteiger partial charge is 0.392 e. The van der Waals surface area contributed by atoms with E-state index in [0.717, 1.165) is 38.7 Å². The molecule has 1 unspecified atom stereocenters. The number of imidazole rings is 1. The number of para-hydroxylation sites is 3. The van der Waals surface area contributed by atoms with Crippen LogP contribution >= 0.6 is 0 Å². The molecule has 0 saturated carbocycles. The van der Waals surface area contributed by atoms with E-state index in [1.165, 1.54) is 0 Å². The number of ether oxygens (including phenoxy) is 2. The van der Waals surface area contributed by atoms with Gasteiger partial charge in [0.25, 0.3) is 0 Å². The van der Waals surface area contributed by atoms with Crippen molar-refractivity contribution in [3.63, 3.8) is 0 Å². The van der Waals surface area contributed by atoms with Crippen molar-refractivity contribution in [2.45, 2.75) is 50.0 Å². The first-order valence-corrected chi connectivity index (χ1v) is 16.7. The molecule has 2 N–H and O–H groups in total. The van der Waals surface area contributed by atoms with Gasteiger partial charge in [0, 0.05) is 29.6 Å². The van der Waals surface area contributed by atoms with E-state index in [-0.39, 0.29) is 36.2 Å². The molecule has 1 saturated heterocycles. The Balaban J connectivity index is 1.12. The highest BCUT2D eigenvalue weighted by Gasteiger charge is 2.38. The summed E-state index contributed by atoms with van der Waals surface area (Å²) in [6, 6.07) is 32.2. The second-order valence-electron chi connectivity index (χ2n) is 11.6. The molecule has 1 aliphatic rings. The van der Waals surface area contributed by atoms with Gasteiger partial charge in [-0.15, -0.1) is 0 Å². The van der Waals surface area contributed by atoms with Crippen molar-refractivity contribution in [1.29, 1.82) is 0 Å². The number of aliphatic hydroxyl groups excluding tert-OH is 1. The van der Waals surface area contributed by atoms with Crippen LogP contribution in [0.2, 0.25) is 0 Å². The summed E-state index contributed by atoms with van der Waals surface area (Å²) in [5, 5.41) is 10.3. The van der Waals surface area contributed by atoms with Crippen molar-refractivity contribution in [2.24, 2.45) is 5.92 Å². The fourth-order valence-electron chi connectivity index (χ4n) is 6.02. The lowest BCUT2D eigenvalue weighted by molar-refractivity contribution is -0.276. The number of benzene rings is 4. The van der Waals surface area contributed by atoms with Gasteiger partial charge in [-0.25, -0.2) is 18.1 Å². The Morgan fingerprint density at radius 1 is 0.826 bits per heavy atom. The highest BCUT2D eigenvalue weighted by molar-refractivity contribution is 7.89. The first kappa shape index (κ1) is 30.2. The van der Waals surface area contributed by atoms with E-state index in [9.17, 15) is 13.5 Å². The van der Waals surface area contributed by atoms with Gasteiger partial charge in [0.2, 0.25) is 10.0 Å². The first-order chi connectivity index (χ1) is 22.4. The monoisotopic (exact) mass is 634 g/mol. The number of fused-ring (bicyclic) bond motifs is 2. The highest BCUT2D eigenvalue weighted by atomic mass is 32.2. The van der Waals surface area contributed by atoms with Gasteiger partial charge in [0.05, 0.1) is 48.2 Å². The second kappa shape index (κ2) is 12.7. The molecule has 6 aromatic rings. The van der Waals surface area contributed by atoms with E-state index < -0.39 is 16.3 Å². The van der Waals surface area contributed by atoms with E-state index in [1.54, 1.807) is 24.4 Å². The van der Waals surface area contributed by atoms with Crippen LogP contribution in [0.25, 0.3) is 21.9 Å². The van der Waals surface area contributed by atoms with Crippen LogP contribution in [-0.2, 0) is 39.2 Å². The Hall–Kier alpha value is -4.45. The van der Waals surface area contributed by atoms with Gasteiger partial charge in [-0.3, -0.25) is 4.98 Å². The molecule has 4 aromatic carbocycles. The quantitative estimate of drug-likeness (QED) is 0.199. The third-order valence-electron chi connectivity index (χ3n) is 8.63. The molecule has 0 amide bonds. The summed E-state index contributed by atoms with van der Waals surface area (Å²) in [5.74, 6) is 0.00891. The molecule has 1 aliphatic heterocycles. The number of hydrogen-bond donors (Lipinski definition) is 2. The van der Waals surface area contributed by atoms with Crippen molar-refractivity contribution in [1.82, 2.24) is 19.3 Å². The average molecular weight is 635 g/mol. The molecule has 0 bridgehead atoms. The van der Waals surface area contributed by atoms with Crippen molar-refractivity contribution in [2.75, 3.05) is 0 Å². The standard InChI is InChI=1S/C36H34N4O5S/c1-24-32(21-40-23-38-30-8-2-3-9-31(30)40)44-36(45-35(24)28-15-13-26(22-41)14-16-28)29-17-11-25(12-18-29)20-39-46(42,43)33-10-4-6-27-7-5-19-37-34(27)33/h2-19,23-24,32,35-36,39,41H,20-22H2,1H3/t24-,32+,35+,36?/m0/s1. The van der Waals surface area contributed by atoms with Crippen LogP contribution in [-0.4, -0.2) is 34.2 Å². The Kier molecular flexibility index (Phi) is 8.37. The Bertz CT molecular complexity index is 2080. The third-order valence-corrected chi connectivity index (χ3v) is 10.1. The third kappa shape index (κ3) is 6.05. The van der Waals surface area contributed by atoms with Gasteiger partial charge < -0.3 is 19.1 Å². The maximum Gasteiger partial charge on any atom is 0.243 e. The Morgan fingerprint density at radius 2 is 1.57 bits per heavy atom. The predicted molar refractivity (Wildman–Crippen MR) is 175 cm³/mol. The molecule has 2 aromatic heterocycles. The molecule has 1 fully saturated rings. The number of nitrogens with one attached hydrogen (secondary N) is 1. The molecule has 0 radical (unpaired) electrons. The lowest BCUT2D eigenvalue weighted by Gasteiger charge is -2.41. The fraction of sp³-hybridized carbons (Fsp3) is 0.222. The minimum Gasteiger partial charge on any atom is -0.392 e.